The molecule has 2 nitrogen and oxygen atoms in total. The van der Waals surface area contributed by atoms with E-state index in [1.165, 1.54) is 6.07 Å². The van der Waals surface area contributed by atoms with Crippen molar-refractivity contribution in [3.05, 3.63) is 35.6 Å². The summed E-state index contributed by atoms with van der Waals surface area (Å²) in [5.74, 6) is -0.209. The Morgan fingerprint density at radius 2 is 1.94 bits per heavy atom. The Morgan fingerprint density at radius 3 is 2.47 bits per heavy atom. The van der Waals surface area contributed by atoms with Crippen LogP contribution in [0.5, 0.6) is 0 Å². The second-order valence-electron chi connectivity index (χ2n) is 5.05. The monoisotopic (exact) mass is 239 g/mol. The molecule has 1 atom stereocenters. The van der Waals surface area contributed by atoms with Gasteiger partial charge < -0.3 is 10.1 Å². The molecule has 3 heteroatoms. The normalized spacial score (nSPS) is 13.7. The van der Waals surface area contributed by atoms with Gasteiger partial charge in [0.1, 0.15) is 5.82 Å². The maximum Gasteiger partial charge on any atom is 0.129 e. The lowest BCUT2D eigenvalue weighted by Gasteiger charge is -2.28. The van der Waals surface area contributed by atoms with Gasteiger partial charge in [-0.25, -0.2) is 4.39 Å². The zero-order chi connectivity index (χ0) is 12.9. The topological polar surface area (TPSA) is 21.3 Å². The first kappa shape index (κ1) is 14.1. The molecular weight excluding hydrogens is 217 g/mol. The predicted octanol–water partition coefficient (Wildman–Crippen LogP) is 3.29. The van der Waals surface area contributed by atoms with E-state index in [9.17, 15) is 4.39 Å². The molecule has 0 bridgehead atoms. The zero-order valence-corrected chi connectivity index (χ0v) is 11.1. The first-order valence-electron chi connectivity index (χ1n) is 6.07. The molecule has 0 heterocycles. The molecule has 0 radical (unpaired) electrons. The Hall–Kier alpha value is -0.930. The number of hydrogen-bond donors (Lipinski definition) is 1. The van der Waals surface area contributed by atoms with Gasteiger partial charge in [-0.1, -0.05) is 25.1 Å². The molecule has 0 spiro atoms. The molecule has 0 aliphatic rings. The average molecular weight is 239 g/mol. The molecule has 1 N–H and O–H groups in total. The summed E-state index contributed by atoms with van der Waals surface area (Å²) in [5, 5.41) is 3.20. The summed E-state index contributed by atoms with van der Waals surface area (Å²) in [7, 11) is 0. The van der Waals surface area contributed by atoms with E-state index in [0.717, 1.165) is 6.54 Å². The van der Waals surface area contributed by atoms with Crippen molar-refractivity contribution in [3.63, 3.8) is 0 Å². The molecule has 0 amide bonds. The fraction of sp³-hybridized carbons (Fsp3) is 0.571. The van der Waals surface area contributed by atoms with Gasteiger partial charge in [0.25, 0.3) is 0 Å². The minimum Gasteiger partial charge on any atom is -0.367 e. The van der Waals surface area contributed by atoms with Crippen LogP contribution in [0.2, 0.25) is 0 Å². The highest BCUT2D eigenvalue weighted by Gasteiger charge is 2.22. The number of rotatable bonds is 5. The first-order valence-corrected chi connectivity index (χ1v) is 6.07. The maximum absolute atomic E-state index is 13.7. The van der Waals surface area contributed by atoms with Crippen molar-refractivity contribution >= 4 is 0 Å². The van der Waals surface area contributed by atoms with Gasteiger partial charge in [0.15, 0.2) is 0 Å². The third-order valence-electron chi connectivity index (χ3n) is 2.33. The second-order valence-corrected chi connectivity index (χ2v) is 5.05. The van der Waals surface area contributed by atoms with E-state index in [-0.39, 0.29) is 17.5 Å². The number of likely N-dealkylation sites (N-methyl/N-ethyl adjacent to an activating group) is 1. The van der Waals surface area contributed by atoms with Crippen LogP contribution in [0.3, 0.4) is 0 Å². The number of benzene rings is 1. The fourth-order valence-electron chi connectivity index (χ4n) is 1.65. The van der Waals surface area contributed by atoms with Crippen molar-refractivity contribution in [2.75, 3.05) is 13.1 Å². The molecule has 0 aliphatic carbocycles. The van der Waals surface area contributed by atoms with Crippen LogP contribution in [0.1, 0.15) is 39.4 Å². The van der Waals surface area contributed by atoms with Gasteiger partial charge in [0.2, 0.25) is 0 Å². The van der Waals surface area contributed by atoms with Gasteiger partial charge in [-0.15, -0.1) is 0 Å². The van der Waals surface area contributed by atoms with Gasteiger partial charge in [-0.2, -0.15) is 0 Å². The minimum atomic E-state index is -0.289. The van der Waals surface area contributed by atoms with Crippen LogP contribution in [-0.4, -0.2) is 18.7 Å². The van der Waals surface area contributed by atoms with E-state index in [2.05, 4.69) is 5.32 Å². The van der Waals surface area contributed by atoms with E-state index in [0.29, 0.717) is 12.1 Å². The second kappa shape index (κ2) is 6.12. The molecule has 1 rings (SSSR count). The fourth-order valence-corrected chi connectivity index (χ4v) is 1.65. The number of nitrogens with one attached hydrogen (secondary N) is 1. The van der Waals surface area contributed by atoms with Crippen LogP contribution in [-0.2, 0) is 4.74 Å². The molecule has 96 valence electrons. The highest BCUT2D eigenvalue weighted by atomic mass is 19.1. The Morgan fingerprint density at radius 1 is 1.29 bits per heavy atom. The van der Waals surface area contributed by atoms with Crippen molar-refractivity contribution in [2.45, 2.75) is 39.4 Å². The molecule has 1 aromatic carbocycles. The summed E-state index contributed by atoms with van der Waals surface area (Å²) < 4.78 is 19.6. The Labute approximate surface area is 103 Å². The molecule has 1 unspecified atom stereocenters. The van der Waals surface area contributed by atoms with Crippen LogP contribution in [0, 0.1) is 5.82 Å². The van der Waals surface area contributed by atoms with E-state index in [1.54, 1.807) is 12.1 Å². The predicted molar refractivity (Wildman–Crippen MR) is 68.5 cm³/mol. The lowest BCUT2D eigenvalue weighted by molar-refractivity contribution is -0.0617. The molecular formula is C14H22FNO. The van der Waals surface area contributed by atoms with E-state index < -0.39 is 0 Å². The van der Waals surface area contributed by atoms with Crippen LogP contribution in [0.15, 0.2) is 24.3 Å². The first-order chi connectivity index (χ1) is 7.94. The van der Waals surface area contributed by atoms with Crippen molar-refractivity contribution in [3.8, 4) is 0 Å². The highest BCUT2D eigenvalue weighted by molar-refractivity contribution is 5.20. The Bertz CT molecular complexity index is 346. The molecule has 1 aromatic rings. The number of halogens is 1. The summed E-state index contributed by atoms with van der Waals surface area (Å²) in [6.45, 7) is 9.43. The van der Waals surface area contributed by atoms with Crippen LogP contribution in [0.4, 0.5) is 4.39 Å². The Balaban J connectivity index is 2.86. The van der Waals surface area contributed by atoms with Crippen LogP contribution >= 0.6 is 0 Å². The van der Waals surface area contributed by atoms with Crippen LogP contribution < -0.4 is 5.32 Å². The quantitative estimate of drug-likeness (QED) is 0.851. The van der Waals surface area contributed by atoms with E-state index >= 15 is 0 Å². The minimum absolute atomic E-state index is 0.209. The smallest absolute Gasteiger partial charge is 0.129 e. The van der Waals surface area contributed by atoms with E-state index in [1.807, 2.05) is 33.8 Å². The van der Waals surface area contributed by atoms with Crippen molar-refractivity contribution in [1.82, 2.24) is 5.32 Å². The van der Waals surface area contributed by atoms with Gasteiger partial charge >= 0.3 is 0 Å². The maximum atomic E-state index is 13.7. The summed E-state index contributed by atoms with van der Waals surface area (Å²) in [5.41, 5.74) is 0.325. The summed E-state index contributed by atoms with van der Waals surface area (Å²) in [6, 6.07) is 6.78. The standard InChI is InChI=1S/C14H22FNO/c1-5-16-10-13(17-14(2,3)4)11-8-6-7-9-12(11)15/h6-9,13,16H,5,10H2,1-4H3. The number of hydrogen-bond acceptors (Lipinski definition) is 2. The molecule has 0 saturated carbocycles. The van der Waals surface area contributed by atoms with Gasteiger partial charge in [-0.05, 0) is 33.4 Å². The molecule has 0 saturated heterocycles. The average Bonchev–Trinajstić information content (AvgIpc) is 2.23. The summed E-state index contributed by atoms with van der Waals surface area (Å²) in [4.78, 5) is 0. The summed E-state index contributed by atoms with van der Waals surface area (Å²) >= 11 is 0. The van der Waals surface area contributed by atoms with Crippen molar-refractivity contribution < 1.29 is 9.13 Å². The summed E-state index contributed by atoms with van der Waals surface area (Å²) in [6.07, 6.45) is -0.254. The molecule has 0 aromatic heterocycles. The van der Waals surface area contributed by atoms with Crippen molar-refractivity contribution in [1.29, 1.82) is 0 Å². The van der Waals surface area contributed by atoms with Crippen molar-refractivity contribution in [2.24, 2.45) is 0 Å². The SMILES string of the molecule is CCNCC(OC(C)(C)C)c1ccccc1F. The zero-order valence-electron chi connectivity index (χ0n) is 11.1. The number of ether oxygens (including phenoxy) is 1. The molecule has 0 aliphatic heterocycles. The molecule has 17 heavy (non-hydrogen) atoms. The highest BCUT2D eigenvalue weighted by Crippen LogP contribution is 2.25. The third kappa shape index (κ3) is 4.84. The van der Waals surface area contributed by atoms with Gasteiger partial charge in [0.05, 0.1) is 11.7 Å². The van der Waals surface area contributed by atoms with Crippen LogP contribution in [0.25, 0.3) is 0 Å². The third-order valence-corrected chi connectivity index (χ3v) is 2.33. The van der Waals surface area contributed by atoms with E-state index in [4.69, 9.17) is 4.74 Å². The lowest BCUT2D eigenvalue weighted by Crippen LogP contribution is -2.30. The lowest BCUT2D eigenvalue weighted by atomic mass is 10.1. The van der Waals surface area contributed by atoms with Gasteiger partial charge in [0, 0.05) is 12.1 Å². The molecule has 0 fully saturated rings. The largest absolute Gasteiger partial charge is 0.367 e. The Kier molecular flexibility index (Phi) is 5.09. The van der Waals surface area contributed by atoms with Gasteiger partial charge in [-0.3, -0.25) is 0 Å².